The van der Waals surface area contributed by atoms with Crippen LogP contribution in [-0.4, -0.2) is 17.0 Å². The minimum Gasteiger partial charge on any atom is -0.423 e. The van der Waals surface area contributed by atoms with Gasteiger partial charge in [0.15, 0.2) is 0 Å². The summed E-state index contributed by atoms with van der Waals surface area (Å²) < 4.78 is 10.7. The van der Waals surface area contributed by atoms with E-state index < -0.39 is 5.97 Å². The van der Waals surface area contributed by atoms with Crippen LogP contribution < -0.4 is 10.1 Å². The maximum atomic E-state index is 12.9. The Hall–Kier alpha value is -2.83. The van der Waals surface area contributed by atoms with E-state index in [1.54, 1.807) is 43.3 Å². The van der Waals surface area contributed by atoms with Crippen LogP contribution in [0.3, 0.4) is 0 Å². The maximum absolute atomic E-state index is 12.9. The SMILES string of the molecule is Cc1onc(-c2c(Cl)cccc2Cl)c1C(=O)Oc1ccc2c(c1)CCC(=O)N2. The number of hydrogen-bond donors (Lipinski definition) is 1. The fraction of sp³-hybridized carbons (Fsp3) is 0.150. The summed E-state index contributed by atoms with van der Waals surface area (Å²) in [6.45, 7) is 1.61. The molecule has 1 N–H and O–H groups in total. The van der Waals surface area contributed by atoms with Crippen LogP contribution in [0.15, 0.2) is 40.9 Å². The highest BCUT2D eigenvalue weighted by Crippen LogP contribution is 2.37. The van der Waals surface area contributed by atoms with E-state index in [-0.39, 0.29) is 17.2 Å². The van der Waals surface area contributed by atoms with Crippen molar-refractivity contribution in [1.82, 2.24) is 5.16 Å². The molecule has 0 saturated carbocycles. The van der Waals surface area contributed by atoms with Crippen molar-refractivity contribution in [3.8, 4) is 17.0 Å². The van der Waals surface area contributed by atoms with Gasteiger partial charge in [-0.3, -0.25) is 4.79 Å². The molecule has 0 fully saturated rings. The molecule has 1 aliphatic heterocycles. The first kappa shape index (κ1) is 18.5. The zero-order valence-corrected chi connectivity index (χ0v) is 16.2. The van der Waals surface area contributed by atoms with Crippen LogP contribution in [0.2, 0.25) is 10.0 Å². The van der Waals surface area contributed by atoms with E-state index in [1.165, 1.54) is 0 Å². The van der Waals surface area contributed by atoms with Crippen LogP contribution in [0.25, 0.3) is 11.3 Å². The van der Waals surface area contributed by atoms with Crippen molar-refractivity contribution in [2.24, 2.45) is 0 Å². The van der Waals surface area contributed by atoms with Crippen molar-refractivity contribution in [2.45, 2.75) is 19.8 Å². The number of benzene rings is 2. The van der Waals surface area contributed by atoms with Gasteiger partial charge in [0, 0.05) is 17.7 Å². The van der Waals surface area contributed by atoms with Gasteiger partial charge in [0.1, 0.15) is 22.8 Å². The number of esters is 1. The van der Waals surface area contributed by atoms with E-state index in [1.807, 2.05) is 0 Å². The molecule has 0 saturated heterocycles. The summed E-state index contributed by atoms with van der Waals surface area (Å²) in [5.74, 6) is -0.0129. The van der Waals surface area contributed by atoms with Gasteiger partial charge in [0.05, 0.1) is 10.0 Å². The second-order valence-corrected chi connectivity index (χ2v) is 7.13. The molecule has 0 spiro atoms. The van der Waals surface area contributed by atoms with Crippen LogP contribution >= 0.6 is 23.2 Å². The molecule has 142 valence electrons. The highest BCUT2D eigenvalue weighted by atomic mass is 35.5. The first-order chi connectivity index (χ1) is 13.4. The van der Waals surface area contributed by atoms with Gasteiger partial charge >= 0.3 is 5.97 Å². The molecule has 0 atom stereocenters. The molecular weight excluding hydrogens is 403 g/mol. The monoisotopic (exact) mass is 416 g/mol. The fourth-order valence-electron chi connectivity index (χ4n) is 3.09. The lowest BCUT2D eigenvalue weighted by Crippen LogP contribution is -2.19. The largest absolute Gasteiger partial charge is 0.423 e. The Labute approximate surface area is 170 Å². The Balaban J connectivity index is 1.67. The lowest BCUT2D eigenvalue weighted by Gasteiger charge is -2.17. The van der Waals surface area contributed by atoms with Gasteiger partial charge in [-0.2, -0.15) is 0 Å². The molecule has 3 aromatic rings. The summed E-state index contributed by atoms with van der Waals surface area (Å²) in [7, 11) is 0. The number of carbonyl (C=O) groups is 2. The third-order valence-corrected chi connectivity index (χ3v) is 5.08. The molecule has 4 rings (SSSR count). The molecule has 0 unspecified atom stereocenters. The van der Waals surface area contributed by atoms with E-state index in [9.17, 15) is 9.59 Å². The van der Waals surface area contributed by atoms with Gasteiger partial charge in [0.25, 0.3) is 0 Å². The molecule has 2 aromatic carbocycles. The predicted molar refractivity (Wildman–Crippen MR) is 105 cm³/mol. The number of nitrogens with zero attached hydrogens (tertiary/aromatic N) is 1. The Kier molecular flexibility index (Phi) is 4.83. The molecule has 1 aliphatic rings. The lowest BCUT2D eigenvalue weighted by atomic mass is 10.0. The summed E-state index contributed by atoms with van der Waals surface area (Å²) in [6.07, 6.45) is 0.976. The van der Waals surface area contributed by atoms with Gasteiger partial charge in [0.2, 0.25) is 5.91 Å². The first-order valence-corrected chi connectivity index (χ1v) is 9.25. The average molecular weight is 417 g/mol. The quantitative estimate of drug-likeness (QED) is 0.476. The zero-order valence-electron chi connectivity index (χ0n) is 14.7. The molecule has 6 nitrogen and oxygen atoms in total. The van der Waals surface area contributed by atoms with Crippen LogP contribution in [0.4, 0.5) is 5.69 Å². The second kappa shape index (κ2) is 7.30. The van der Waals surface area contributed by atoms with Gasteiger partial charge in [-0.25, -0.2) is 4.79 Å². The van der Waals surface area contributed by atoms with Crippen LogP contribution in [0.5, 0.6) is 5.75 Å². The lowest BCUT2D eigenvalue weighted by molar-refractivity contribution is -0.116. The highest BCUT2D eigenvalue weighted by Gasteiger charge is 2.27. The number of aryl methyl sites for hydroxylation is 2. The maximum Gasteiger partial charge on any atom is 0.349 e. The van der Waals surface area contributed by atoms with Crippen LogP contribution in [0, 0.1) is 6.92 Å². The number of amides is 1. The zero-order chi connectivity index (χ0) is 19.8. The summed E-state index contributed by atoms with van der Waals surface area (Å²) in [5, 5.41) is 7.44. The van der Waals surface area contributed by atoms with E-state index in [2.05, 4.69) is 10.5 Å². The summed E-state index contributed by atoms with van der Waals surface area (Å²) >= 11 is 12.5. The highest BCUT2D eigenvalue weighted by molar-refractivity contribution is 6.39. The van der Waals surface area contributed by atoms with E-state index >= 15 is 0 Å². The third-order valence-electron chi connectivity index (χ3n) is 4.45. The number of hydrogen-bond acceptors (Lipinski definition) is 5. The van der Waals surface area contributed by atoms with Gasteiger partial charge in [-0.1, -0.05) is 34.4 Å². The summed E-state index contributed by atoms with van der Waals surface area (Å²) in [6, 6.07) is 10.1. The fourth-order valence-corrected chi connectivity index (χ4v) is 3.67. The Morgan fingerprint density at radius 3 is 2.68 bits per heavy atom. The standard InChI is InChI=1S/C20H14Cl2N2O4/c1-10-17(19(24-28-10)18-13(21)3-2-4-14(18)22)20(26)27-12-6-7-15-11(9-12)5-8-16(25)23-15/h2-4,6-7,9H,5,8H2,1H3,(H,23,25). The third kappa shape index (κ3) is 3.37. The number of anilines is 1. The van der Waals surface area contributed by atoms with Gasteiger partial charge < -0.3 is 14.6 Å². The van der Waals surface area contributed by atoms with Crippen LogP contribution in [-0.2, 0) is 11.2 Å². The van der Waals surface area contributed by atoms with Crippen molar-refractivity contribution < 1.29 is 18.8 Å². The number of aromatic nitrogens is 1. The minimum absolute atomic E-state index is 0.0291. The molecule has 8 heteroatoms. The average Bonchev–Trinajstić information content (AvgIpc) is 3.03. The molecule has 0 aliphatic carbocycles. The first-order valence-electron chi connectivity index (χ1n) is 8.49. The van der Waals surface area contributed by atoms with Crippen molar-refractivity contribution in [1.29, 1.82) is 0 Å². The summed E-state index contributed by atoms with van der Waals surface area (Å²) in [4.78, 5) is 24.3. The number of rotatable bonds is 3. The van der Waals surface area contributed by atoms with Crippen molar-refractivity contribution in [3.63, 3.8) is 0 Å². The molecule has 0 bridgehead atoms. The van der Waals surface area contributed by atoms with Crippen LogP contribution in [0.1, 0.15) is 28.1 Å². The number of halogens is 2. The second-order valence-electron chi connectivity index (χ2n) is 6.32. The van der Waals surface area contributed by atoms with E-state index in [0.717, 1.165) is 11.3 Å². The Bertz CT molecular complexity index is 1090. The number of fused-ring (bicyclic) bond motifs is 1. The molecule has 28 heavy (non-hydrogen) atoms. The summed E-state index contributed by atoms with van der Waals surface area (Å²) in [5.41, 5.74) is 2.41. The minimum atomic E-state index is -0.635. The number of carbonyl (C=O) groups excluding carboxylic acids is 2. The number of nitrogens with one attached hydrogen (secondary N) is 1. The molecule has 0 radical (unpaired) electrons. The Morgan fingerprint density at radius 2 is 1.93 bits per heavy atom. The van der Waals surface area contributed by atoms with Gasteiger partial charge in [-0.05, 0) is 49.2 Å². The van der Waals surface area contributed by atoms with E-state index in [0.29, 0.717) is 40.0 Å². The molecular formula is C20H14Cl2N2O4. The smallest absolute Gasteiger partial charge is 0.349 e. The molecule has 2 heterocycles. The molecule has 1 amide bonds. The van der Waals surface area contributed by atoms with Crippen molar-refractivity contribution in [3.05, 3.63) is 63.3 Å². The predicted octanol–water partition coefficient (Wildman–Crippen LogP) is 5.06. The van der Waals surface area contributed by atoms with Crippen molar-refractivity contribution in [2.75, 3.05) is 5.32 Å². The number of ether oxygens (including phenoxy) is 1. The van der Waals surface area contributed by atoms with E-state index in [4.69, 9.17) is 32.5 Å². The normalized spacial score (nSPS) is 13.0. The van der Waals surface area contributed by atoms with Gasteiger partial charge in [-0.15, -0.1) is 0 Å². The Morgan fingerprint density at radius 1 is 1.18 bits per heavy atom. The molecule has 1 aromatic heterocycles. The van der Waals surface area contributed by atoms with Crippen molar-refractivity contribution >= 4 is 40.8 Å². The topological polar surface area (TPSA) is 81.4 Å².